The van der Waals surface area contributed by atoms with Gasteiger partial charge in [0.25, 0.3) is 0 Å². The molecule has 4 rings (SSSR count). The fourth-order valence-corrected chi connectivity index (χ4v) is 4.85. The average Bonchev–Trinajstić information content (AvgIpc) is 3.29. The Kier molecular flexibility index (Phi) is 5.24. The standard InChI is InChI=1S/C20H29ClN4O/c1-13(2)24-9-7-15(11-24)20(26)25-10-8-18-17(12-25)19(23-22-18)14-3-5-16(21)6-4-14/h3-6,13,15,17-19,22-23H,7-12H2,1-2H3. The van der Waals surface area contributed by atoms with Crippen LogP contribution < -0.4 is 10.9 Å². The summed E-state index contributed by atoms with van der Waals surface area (Å²) in [6.45, 7) is 8.08. The molecule has 1 aromatic carbocycles. The summed E-state index contributed by atoms with van der Waals surface area (Å²) in [5.41, 5.74) is 8.12. The first-order valence-electron chi connectivity index (χ1n) is 9.82. The highest BCUT2D eigenvalue weighted by atomic mass is 35.5. The summed E-state index contributed by atoms with van der Waals surface area (Å²) < 4.78 is 0. The lowest BCUT2D eigenvalue weighted by molar-refractivity contribution is -0.137. The van der Waals surface area contributed by atoms with E-state index in [0.717, 1.165) is 44.0 Å². The van der Waals surface area contributed by atoms with E-state index >= 15 is 0 Å². The number of halogens is 1. The van der Waals surface area contributed by atoms with Gasteiger partial charge >= 0.3 is 0 Å². The van der Waals surface area contributed by atoms with Gasteiger partial charge in [-0.05, 0) is 50.9 Å². The number of carbonyl (C=O) groups excluding carboxylic acids is 1. The van der Waals surface area contributed by atoms with Crippen molar-refractivity contribution in [1.82, 2.24) is 20.7 Å². The van der Waals surface area contributed by atoms with Crippen LogP contribution in [0.15, 0.2) is 24.3 Å². The molecule has 0 spiro atoms. The minimum Gasteiger partial charge on any atom is -0.342 e. The molecule has 1 aromatic rings. The lowest BCUT2D eigenvalue weighted by atomic mass is 9.84. The third-order valence-corrected chi connectivity index (χ3v) is 6.60. The molecule has 0 saturated carbocycles. The zero-order valence-electron chi connectivity index (χ0n) is 15.6. The fraction of sp³-hybridized carbons (Fsp3) is 0.650. The number of nitrogens with one attached hydrogen (secondary N) is 2. The van der Waals surface area contributed by atoms with Crippen LogP contribution in [0.2, 0.25) is 5.02 Å². The number of carbonyl (C=O) groups is 1. The molecule has 3 saturated heterocycles. The fourth-order valence-electron chi connectivity index (χ4n) is 4.72. The van der Waals surface area contributed by atoms with Crippen LogP contribution in [-0.4, -0.2) is 54.0 Å². The van der Waals surface area contributed by atoms with Crippen LogP contribution in [0.4, 0.5) is 0 Å². The number of nitrogens with zero attached hydrogens (tertiary/aromatic N) is 2. The molecule has 4 atom stereocenters. The third-order valence-electron chi connectivity index (χ3n) is 6.35. The predicted molar refractivity (Wildman–Crippen MR) is 104 cm³/mol. The Morgan fingerprint density at radius 1 is 1.12 bits per heavy atom. The number of hydrogen-bond donors (Lipinski definition) is 2. The summed E-state index contributed by atoms with van der Waals surface area (Å²) in [6, 6.07) is 9.23. The van der Waals surface area contributed by atoms with E-state index in [2.05, 4.69) is 46.6 Å². The van der Waals surface area contributed by atoms with Gasteiger partial charge in [0, 0.05) is 42.7 Å². The molecule has 3 heterocycles. The van der Waals surface area contributed by atoms with Gasteiger partial charge in [0.15, 0.2) is 0 Å². The summed E-state index contributed by atoms with van der Waals surface area (Å²) >= 11 is 6.03. The molecule has 3 aliphatic heterocycles. The quantitative estimate of drug-likeness (QED) is 0.850. The van der Waals surface area contributed by atoms with Crippen molar-refractivity contribution in [2.45, 2.75) is 44.8 Å². The van der Waals surface area contributed by atoms with Crippen LogP contribution in [-0.2, 0) is 4.79 Å². The van der Waals surface area contributed by atoms with Crippen molar-refractivity contribution >= 4 is 17.5 Å². The van der Waals surface area contributed by atoms with Gasteiger partial charge in [0.1, 0.15) is 0 Å². The third kappa shape index (κ3) is 3.50. The molecule has 3 fully saturated rings. The maximum absolute atomic E-state index is 13.1. The Balaban J connectivity index is 1.43. The second-order valence-electron chi connectivity index (χ2n) is 8.24. The zero-order valence-corrected chi connectivity index (χ0v) is 16.4. The zero-order chi connectivity index (χ0) is 18.3. The second-order valence-corrected chi connectivity index (χ2v) is 8.67. The van der Waals surface area contributed by atoms with E-state index in [1.165, 1.54) is 5.56 Å². The van der Waals surface area contributed by atoms with Crippen molar-refractivity contribution in [1.29, 1.82) is 0 Å². The maximum Gasteiger partial charge on any atom is 0.227 e. The van der Waals surface area contributed by atoms with Crippen molar-refractivity contribution in [3.63, 3.8) is 0 Å². The first-order chi connectivity index (χ1) is 12.5. The van der Waals surface area contributed by atoms with E-state index in [1.807, 2.05) is 12.1 Å². The normalized spacial score (nSPS) is 32.2. The second kappa shape index (κ2) is 7.47. The van der Waals surface area contributed by atoms with E-state index in [1.54, 1.807) is 0 Å². The van der Waals surface area contributed by atoms with Gasteiger partial charge in [-0.25, -0.2) is 5.43 Å². The smallest absolute Gasteiger partial charge is 0.227 e. The van der Waals surface area contributed by atoms with E-state index in [-0.39, 0.29) is 12.0 Å². The number of fused-ring (bicyclic) bond motifs is 1. The van der Waals surface area contributed by atoms with Crippen LogP contribution in [0.5, 0.6) is 0 Å². The van der Waals surface area contributed by atoms with E-state index in [0.29, 0.717) is 23.9 Å². The monoisotopic (exact) mass is 376 g/mol. The van der Waals surface area contributed by atoms with E-state index < -0.39 is 0 Å². The van der Waals surface area contributed by atoms with Gasteiger partial charge in [0.2, 0.25) is 5.91 Å². The molecule has 5 nitrogen and oxygen atoms in total. The lowest BCUT2D eigenvalue weighted by Crippen LogP contribution is -2.49. The van der Waals surface area contributed by atoms with Crippen LogP contribution in [0.25, 0.3) is 0 Å². The summed E-state index contributed by atoms with van der Waals surface area (Å²) in [7, 11) is 0. The molecular formula is C20H29ClN4O. The Labute approximate surface area is 161 Å². The van der Waals surface area contributed by atoms with Crippen LogP contribution in [0, 0.1) is 11.8 Å². The van der Waals surface area contributed by atoms with Gasteiger partial charge in [-0.15, -0.1) is 0 Å². The number of rotatable bonds is 3. The molecule has 3 aliphatic rings. The molecule has 0 radical (unpaired) electrons. The highest BCUT2D eigenvalue weighted by Crippen LogP contribution is 2.35. The van der Waals surface area contributed by atoms with Crippen LogP contribution >= 0.6 is 11.6 Å². The lowest BCUT2D eigenvalue weighted by Gasteiger charge is -2.37. The first kappa shape index (κ1) is 18.2. The maximum atomic E-state index is 13.1. The molecule has 2 N–H and O–H groups in total. The highest BCUT2D eigenvalue weighted by molar-refractivity contribution is 6.30. The van der Waals surface area contributed by atoms with Gasteiger partial charge in [-0.1, -0.05) is 23.7 Å². The van der Waals surface area contributed by atoms with E-state index in [9.17, 15) is 4.79 Å². The number of hydrazine groups is 1. The molecular weight excluding hydrogens is 348 g/mol. The van der Waals surface area contributed by atoms with E-state index in [4.69, 9.17) is 11.6 Å². The summed E-state index contributed by atoms with van der Waals surface area (Å²) in [5.74, 6) is 0.926. The van der Waals surface area contributed by atoms with Crippen molar-refractivity contribution in [2.24, 2.45) is 11.8 Å². The van der Waals surface area contributed by atoms with Crippen LogP contribution in [0.3, 0.4) is 0 Å². The minimum atomic E-state index is 0.172. The summed E-state index contributed by atoms with van der Waals surface area (Å²) in [5, 5.41) is 0.757. The molecule has 6 heteroatoms. The number of amides is 1. The largest absolute Gasteiger partial charge is 0.342 e. The topological polar surface area (TPSA) is 47.6 Å². The van der Waals surface area contributed by atoms with Crippen molar-refractivity contribution < 1.29 is 4.79 Å². The van der Waals surface area contributed by atoms with Gasteiger partial charge in [-0.3, -0.25) is 10.2 Å². The molecule has 142 valence electrons. The molecule has 1 amide bonds. The molecule has 0 bridgehead atoms. The average molecular weight is 377 g/mol. The van der Waals surface area contributed by atoms with Gasteiger partial charge in [0.05, 0.1) is 12.0 Å². The molecule has 26 heavy (non-hydrogen) atoms. The highest BCUT2D eigenvalue weighted by Gasteiger charge is 2.43. The van der Waals surface area contributed by atoms with Crippen molar-refractivity contribution in [2.75, 3.05) is 26.2 Å². The SMILES string of the molecule is CC(C)N1CCC(C(=O)N2CCC3NNC(c4ccc(Cl)cc4)C3C2)C1. The van der Waals surface area contributed by atoms with Crippen molar-refractivity contribution in [3.05, 3.63) is 34.9 Å². The van der Waals surface area contributed by atoms with Crippen molar-refractivity contribution in [3.8, 4) is 0 Å². The Morgan fingerprint density at radius 2 is 1.88 bits per heavy atom. The number of hydrogen-bond acceptors (Lipinski definition) is 4. The Bertz CT molecular complexity index is 650. The molecule has 0 aromatic heterocycles. The summed E-state index contributed by atoms with van der Waals surface area (Å²) in [6.07, 6.45) is 2.01. The summed E-state index contributed by atoms with van der Waals surface area (Å²) in [4.78, 5) is 17.6. The first-order valence-corrected chi connectivity index (χ1v) is 10.2. The molecule has 0 aliphatic carbocycles. The number of piperidine rings is 1. The Hall–Kier alpha value is -1.14. The predicted octanol–water partition coefficient (Wildman–Crippen LogP) is 2.44. The van der Waals surface area contributed by atoms with Gasteiger partial charge < -0.3 is 9.80 Å². The minimum absolute atomic E-state index is 0.172. The number of likely N-dealkylation sites (tertiary alicyclic amines) is 2. The van der Waals surface area contributed by atoms with Crippen LogP contribution in [0.1, 0.15) is 38.3 Å². The molecule has 4 unspecified atom stereocenters. The van der Waals surface area contributed by atoms with Gasteiger partial charge in [-0.2, -0.15) is 0 Å². The Morgan fingerprint density at radius 3 is 2.58 bits per heavy atom. The number of benzene rings is 1.